The first kappa shape index (κ1) is 13.2. The van der Waals surface area contributed by atoms with Crippen molar-refractivity contribution in [3.8, 4) is 0 Å². The van der Waals surface area contributed by atoms with Crippen LogP contribution in [0.2, 0.25) is 0 Å². The Morgan fingerprint density at radius 2 is 2.28 bits per heavy atom. The first-order valence-electron chi connectivity index (χ1n) is 6.72. The highest BCUT2D eigenvalue weighted by molar-refractivity contribution is 5.81. The van der Waals surface area contributed by atoms with Gasteiger partial charge < -0.3 is 0 Å². The van der Waals surface area contributed by atoms with E-state index in [2.05, 4.69) is 28.8 Å². The zero-order valence-corrected chi connectivity index (χ0v) is 11.5. The fraction of sp³-hybridized carbons (Fsp3) is 0.769. The standard InChI is InChI=1S/C13H22N4O/c1-10(2)17-13(14-9-15-17)8-16-7-5-4-6-12(16)11(3)18/h9-10,12H,4-8H2,1-3H3. The number of aromatic nitrogens is 3. The summed E-state index contributed by atoms with van der Waals surface area (Å²) in [6.45, 7) is 7.58. The van der Waals surface area contributed by atoms with Gasteiger partial charge in [0.1, 0.15) is 17.9 Å². The third kappa shape index (κ3) is 2.77. The largest absolute Gasteiger partial charge is 0.298 e. The molecule has 0 amide bonds. The first-order valence-corrected chi connectivity index (χ1v) is 6.72. The van der Waals surface area contributed by atoms with Crippen LogP contribution in [0.15, 0.2) is 6.33 Å². The van der Waals surface area contributed by atoms with Gasteiger partial charge in [0.15, 0.2) is 0 Å². The Morgan fingerprint density at radius 3 is 2.94 bits per heavy atom. The lowest BCUT2D eigenvalue weighted by Gasteiger charge is -2.33. The van der Waals surface area contributed by atoms with Crippen LogP contribution in [0.3, 0.4) is 0 Å². The number of likely N-dealkylation sites (tertiary alicyclic amines) is 1. The molecule has 2 heterocycles. The molecule has 1 fully saturated rings. The molecule has 0 N–H and O–H groups in total. The van der Waals surface area contributed by atoms with Gasteiger partial charge in [0.05, 0.1) is 12.6 Å². The van der Waals surface area contributed by atoms with Crippen LogP contribution in [0.5, 0.6) is 0 Å². The molecule has 1 saturated heterocycles. The Kier molecular flexibility index (Phi) is 4.11. The number of Topliss-reactive ketones (excluding diaryl/α,β-unsaturated/α-hetero) is 1. The third-order valence-corrected chi connectivity index (χ3v) is 3.56. The van der Waals surface area contributed by atoms with E-state index in [-0.39, 0.29) is 11.8 Å². The first-order chi connectivity index (χ1) is 8.59. The van der Waals surface area contributed by atoms with Crippen LogP contribution in [0.1, 0.15) is 51.9 Å². The van der Waals surface area contributed by atoms with Crippen molar-refractivity contribution in [2.75, 3.05) is 6.54 Å². The van der Waals surface area contributed by atoms with Crippen LogP contribution in [0.4, 0.5) is 0 Å². The molecule has 1 aromatic heterocycles. The van der Waals surface area contributed by atoms with E-state index in [0.717, 1.165) is 31.8 Å². The van der Waals surface area contributed by atoms with Crippen molar-refractivity contribution in [1.29, 1.82) is 0 Å². The van der Waals surface area contributed by atoms with E-state index in [4.69, 9.17) is 0 Å². The van der Waals surface area contributed by atoms with Crippen LogP contribution >= 0.6 is 0 Å². The van der Waals surface area contributed by atoms with Gasteiger partial charge in [0, 0.05) is 6.04 Å². The topological polar surface area (TPSA) is 51.0 Å². The summed E-state index contributed by atoms with van der Waals surface area (Å²) in [7, 11) is 0. The highest BCUT2D eigenvalue weighted by Gasteiger charge is 2.27. The predicted molar refractivity (Wildman–Crippen MR) is 69.1 cm³/mol. The summed E-state index contributed by atoms with van der Waals surface area (Å²) in [5.74, 6) is 1.23. The number of rotatable bonds is 4. The third-order valence-electron chi connectivity index (χ3n) is 3.56. The molecule has 0 saturated carbocycles. The van der Waals surface area contributed by atoms with Crippen LogP contribution in [-0.2, 0) is 11.3 Å². The summed E-state index contributed by atoms with van der Waals surface area (Å²) < 4.78 is 1.94. The molecule has 1 aliphatic rings. The second kappa shape index (κ2) is 5.61. The summed E-state index contributed by atoms with van der Waals surface area (Å²) >= 11 is 0. The molecule has 5 heteroatoms. The molecule has 0 spiro atoms. The average Bonchev–Trinajstić information content (AvgIpc) is 2.77. The van der Waals surface area contributed by atoms with Crippen molar-refractivity contribution >= 4 is 5.78 Å². The fourth-order valence-electron chi connectivity index (χ4n) is 2.64. The van der Waals surface area contributed by atoms with Gasteiger partial charge in [-0.05, 0) is 40.2 Å². The van der Waals surface area contributed by atoms with Gasteiger partial charge in [-0.3, -0.25) is 9.69 Å². The molecular formula is C13H22N4O. The number of hydrogen-bond acceptors (Lipinski definition) is 4. The van der Waals surface area contributed by atoms with E-state index in [1.54, 1.807) is 13.3 Å². The lowest BCUT2D eigenvalue weighted by atomic mass is 9.99. The van der Waals surface area contributed by atoms with E-state index in [0.29, 0.717) is 6.04 Å². The lowest BCUT2D eigenvalue weighted by Crippen LogP contribution is -2.43. The number of piperidine rings is 1. The van der Waals surface area contributed by atoms with Gasteiger partial charge in [-0.25, -0.2) is 9.67 Å². The Hall–Kier alpha value is -1.23. The fourth-order valence-corrected chi connectivity index (χ4v) is 2.64. The van der Waals surface area contributed by atoms with E-state index < -0.39 is 0 Å². The van der Waals surface area contributed by atoms with E-state index >= 15 is 0 Å². The SMILES string of the molecule is CC(=O)C1CCCCN1Cc1ncnn1C(C)C. The minimum Gasteiger partial charge on any atom is -0.298 e. The summed E-state index contributed by atoms with van der Waals surface area (Å²) in [5, 5.41) is 4.25. The smallest absolute Gasteiger partial charge is 0.146 e. The molecule has 0 aliphatic carbocycles. The molecule has 0 aromatic carbocycles. The number of hydrogen-bond donors (Lipinski definition) is 0. The van der Waals surface area contributed by atoms with Crippen molar-refractivity contribution in [3.63, 3.8) is 0 Å². The molecule has 1 unspecified atom stereocenters. The normalized spacial score (nSPS) is 21.4. The van der Waals surface area contributed by atoms with Gasteiger partial charge >= 0.3 is 0 Å². The quantitative estimate of drug-likeness (QED) is 0.817. The van der Waals surface area contributed by atoms with Gasteiger partial charge in [-0.1, -0.05) is 6.42 Å². The Bertz CT molecular complexity index is 413. The predicted octanol–water partition coefficient (Wildman–Crippen LogP) is 1.80. The Morgan fingerprint density at radius 1 is 1.50 bits per heavy atom. The van der Waals surface area contributed by atoms with Gasteiger partial charge in [-0.2, -0.15) is 5.10 Å². The number of nitrogens with zero attached hydrogens (tertiary/aromatic N) is 4. The van der Waals surface area contributed by atoms with Gasteiger partial charge in [0.25, 0.3) is 0 Å². The van der Waals surface area contributed by atoms with E-state index in [1.165, 1.54) is 6.42 Å². The minimum absolute atomic E-state index is 0.0658. The molecule has 100 valence electrons. The van der Waals surface area contributed by atoms with Crippen molar-refractivity contribution in [1.82, 2.24) is 19.7 Å². The molecule has 2 rings (SSSR count). The van der Waals surface area contributed by atoms with Crippen LogP contribution in [0, 0.1) is 0 Å². The summed E-state index contributed by atoms with van der Waals surface area (Å²) in [6, 6.07) is 0.374. The molecule has 0 radical (unpaired) electrons. The molecule has 1 atom stereocenters. The van der Waals surface area contributed by atoms with Gasteiger partial charge in [0.2, 0.25) is 0 Å². The van der Waals surface area contributed by atoms with Crippen LogP contribution in [-0.4, -0.2) is 38.0 Å². The van der Waals surface area contributed by atoms with Crippen molar-refractivity contribution in [2.45, 2.75) is 58.7 Å². The monoisotopic (exact) mass is 250 g/mol. The summed E-state index contributed by atoms with van der Waals surface area (Å²) in [4.78, 5) is 18.2. The van der Waals surface area contributed by atoms with Crippen molar-refractivity contribution in [2.24, 2.45) is 0 Å². The molecule has 5 nitrogen and oxygen atoms in total. The maximum atomic E-state index is 11.7. The second-order valence-electron chi connectivity index (χ2n) is 5.31. The maximum absolute atomic E-state index is 11.7. The number of carbonyl (C=O) groups is 1. The van der Waals surface area contributed by atoms with Crippen molar-refractivity contribution < 1.29 is 4.79 Å². The highest BCUT2D eigenvalue weighted by atomic mass is 16.1. The zero-order valence-electron chi connectivity index (χ0n) is 11.5. The average molecular weight is 250 g/mol. The molecule has 1 aliphatic heterocycles. The van der Waals surface area contributed by atoms with Gasteiger partial charge in [-0.15, -0.1) is 0 Å². The van der Waals surface area contributed by atoms with Crippen molar-refractivity contribution in [3.05, 3.63) is 12.2 Å². The second-order valence-corrected chi connectivity index (χ2v) is 5.31. The zero-order chi connectivity index (χ0) is 13.1. The van der Waals surface area contributed by atoms with Crippen LogP contribution in [0.25, 0.3) is 0 Å². The van der Waals surface area contributed by atoms with E-state index in [9.17, 15) is 4.79 Å². The van der Waals surface area contributed by atoms with E-state index in [1.807, 2.05) is 4.68 Å². The Labute approximate surface area is 108 Å². The molecule has 0 bridgehead atoms. The lowest BCUT2D eigenvalue weighted by molar-refractivity contribution is -0.123. The molecule has 18 heavy (non-hydrogen) atoms. The summed E-state index contributed by atoms with van der Waals surface area (Å²) in [6.07, 6.45) is 4.89. The molecule has 1 aromatic rings. The number of ketones is 1. The minimum atomic E-state index is 0.0658. The molecular weight excluding hydrogens is 228 g/mol. The summed E-state index contributed by atoms with van der Waals surface area (Å²) in [5.41, 5.74) is 0. The highest BCUT2D eigenvalue weighted by Crippen LogP contribution is 2.20. The maximum Gasteiger partial charge on any atom is 0.146 e. The number of carbonyl (C=O) groups excluding carboxylic acids is 1. The Balaban J connectivity index is 2.11. The van der Waals surface area contributed by atoms with Crippen LogP contribution < -0.4 is 0 Å².